The third-order valence-electron chi connectivity index (χ3n) is 3.23. The highest BCUT2D eigenvalue weighted by Gasteiger charge is 2.09. The van der Waals surface area contributed by atoms with Crippen LogP contribution in [0.5, 0.6) is 5.75 Å². The Kier molecular flexibility index (Phi) is 6.18. The first-order chi connectivity index (χ1) is 10.2. The van der Waals surface area contributed by atoms with E-state index in [0.29, 0.717) is 18.6 Å². The molecule has 0 N–H and O–H groups in total. The molecule has 0 aliphatic heterocycles. The first-order valence-corrected chi connectivity index (χ1v) is 8.00. The molecule has 0 amide bonds. The molecule has 1 aromatic heterocycles. The molecule has 2 nitrogen and oxygen atoms in total. The lowest BCUT2D eigenvalue weighted by Crippen LogP contribution is -2.03. The largest absolute Gasteiger partial charge is 0.492 e. The molecule has 2 aromatic rings. The van der Waals surface area contributed by atoms with Gasteiger partial charge >= 0.3 is 0 Å². The van der Waals surface area contributed by atoms with Crippen molar-refractivity contribution >= 4 is 15.9 Å². The molecule has 21 heavy (non-hydrogen) atoms. The van der Waals surface area contributed by atoms with Gasteiger partial charge in [0.15, 0.2) is 0 Å². The second-order valence-corrected chi connectivity index (χ2v) is 5.83. The number of unbranched alkanes of at least 4 members (excludes halogenated alkanes) is 2. The van der Waals surface area contributed by atoms with Gasteiger partial charge in [0.05, 0.1) is 12.3 Å². The van der Waals surface area contributed by atoms with Gasteiger partial charge in [-0.1, -0.05) is 41.8 Å². The van der Waals surface area contributed by atoms with Crippen molar-refractivity contribution in [2.75, 3.05) is 6.61 Å². The number of aromatic nitrogens is 1. The van der Waals surface area contributed by atoms with Crippen LogP contribution in [0, 0.1) is 5.82 Å². The zero-order valence-corrected chi connectivity index (χ0v) is 13.7. The van der Waals surface area contributed by atoms with E-state index in [4.69, 9.17) is 4.74 Å². The molecule has 0 aliphatic carbocycles. The Morgan fingerprint density at radius 3 is 2.86 bits per heavy atom. The van der Waals surface area contributed by atoms with Gasteiger partial charge in [-0.15, -0.1) is 0 Å². The highest BCUT2D eigenvalue weighted by molar-refractivity contribution is 9.10. The fraction of sp³-hybridized carbons (Fsp3) is 0.353. The quantitative estimate of drug-likeness (QED) is 0.644. The number of halogens is 2. The van der Waals surface area contributed by atoms with Gasteiger partial charge in [-0.05, 0) is 36.2 Å². The van der Waals surface area contributed by atoms with Gasteiger partial charge in [-0.25, -0.2) is 4.39 Å². The highest BCUT2D eigenvalue weighted by atomic mass is 79.9. The topological polar surface area (TPSA) is 22.1 Å². The monoisotopic (exact) mass is 351 g/mol. The predicted octanol–water partition coefficient (Wildman–Crippen LogP) is 5.14. The normalized spacial score (nSPS) is 10.6. The fourth-order valence-corrected chi connectivity index (χ4v) is 2.40. The van der Waals surface area contributed by atoms with E-state index in [1.807, 2.05) is 18.2 Å². The molecule has 2 rings (SSSR count). The van der Waals surface area contributed by atoms with Crippen LogP contribution < -0.4 is 4.74 Å². The molecular formula is C17H19BrFNO. The SMILES string of the molecule is CCCCCOc1cccnc1Cc1ccc(Br)cc1F. The van der Waals surface area contributed by atoms with Crippen LogP contribution >= 0.6 is 15.9 Å². The summed E-state index contributed by atoms with van der Waals surface area (Å²) in [4.78, 5) is 4.33. The van der Waals surface area contributed by atoms with Crippen molar-refractivity contribution in [3.63, 3.8) is 0 Å². The summed E-state index contributed by atoms with van der Waals surface area (Å²) in [5, 5.41) is 0. The Bertz CT molecular complexity index is 589. The average Bonchev–Trinajstić information content (AvgIpc) is 2.48. The third-order valence-corrected chi connectivity index (χ3v) is 3.72. The molecule has 0 atom stereocenters. The molecule has 0 fully saturated rings. The van der Waals surface area contributed by atoms with Crippen molar-refractivity contribution in [1.82, 2.24) is 4.98 Å². The first-order valence-electron chi connectivity index (χ1n) is 7.21. The van der Waals surface area contributed by atoms with Crippen LogP contribution in [0.4, 0.5) is 4.39 Å². The van der Waals surface area contributed by atoms with Gasteiger partial charge < -0.3 is 4.74 Å². The number of hydrogen-bond donors (Lipinski definition) is 0. The van der Waals surface area contributed by atoms with Crippen LogP contribution in [0.3, 0.4) is 0 Å². The van der Waals surface area contributed by atoms with Crippen molar-refractivity contribution in [2.24, 2.45) is 0 Å². The van der Waals surface area contributed by atoms with E-state index in [0.717, 1.165) is 35.2 Å². The molecule has 0 radical (unpaired) electrons. The molecular weight excluding hydrogens is 333 g/mol. The van der Waals surface area contributed by atoms with Crippen LogP contribution in [0.2, 0.25) is 0 Å². The second kappa shape index (κ2) is 8.13. The van der Waals surface area contributed by atoms with Crippen LogP contribution in [0.15, 0.2) is 41.0 Å². The Morgan fingerprint density at radius 2 is 2.10 bits per heavy atom. The predicted molar refractivity (Wildman–Crippen MR) is 86.2 cm³/mol. The lowest BCUT2D eigenvalue weighted by molar-refractivity contribution is 0.302. The van der Waals surface area contributed by atoms with Crippen LogP contribution in [0.1, 0.15) is 37.4 Å². The smallest absolute Gasteiger partial charge is 0.141 e. The molecule has 4 heteroatoms. The maximum Gasteiger partial charge on any atom is 0.141 e. The maximum absolute atomic E-state index is 13.9. The van der Waals surface area contributed by atoms with Gasteiger partial charge in [-0.3, -0.25) is 4.98 Å². The van der Waals surface area contributed by atoms with Gasteiger partial charge in [-0.2, -0.15) is 0 Å². The Hall–Kier alpha value is -1.42. The summed E-state index contributed by atoms with van der Waals surface area (Å²) in [6, 6.07) is 8.82. The number of pyridine rings is 1. The minimum Gasteiger partial charge on any atom is -0.492 e. The maximum atomic E-state index is 13.9. The molecule has 1 aromatic carbocycles. The van der Waals surface area contributed by atoms with E-state index < -0.39 is 0 Å². The van der Waals surface area contributed by atoms with Crippen molar-refractivity contribution in [2.45, 2.75) is 32.6 Å². The number of ether oxygens (including phenoxy) is 1. The first kappa shape index (κ1) is 16.0. The van der Waals surface area contributed by atoms with E-state index in [1.54, 1.807) is 12.3 Å². The van der Waals surface area contributed by atoms with Gasteiger partial charge in [0.2, 0.25) is 0 Å². The lowest BCUT2D eigenvalue weighted by Gasteiger charge is -2.11. The summed E-state index contributed by atoms with van der Waals surface area (Å²) in [5.74, 6) is 0.517. The standard InChI is InChI=1S/C17H19BrFNO/c1-2-3-4-10-21-17-6-5-9-20-16(17)11-13-7-8-14(18)12-15(13)19/h5-9,12H,2-4,10-11H2,1H3. The minimum atomic E-state index is -0.230. The molecule has 0 spiro atoms. The summed E-state index contributed by atoms with van der Waals surface area (Å²) in [6.45, 7) is 2.83. The summed E-state index contributed by atoms with van der Waals surface area (Å²) in [7, 11) is 0. The van der Waals surface area contributed by atoms with Crippen LogP contribution in [-0.4, -0.2) is 11.6 Å². The van der Waals surface area contributed by atoms with E-state index in [9.17, 15) is 4.39 Å². The summed E-state index contributed by atoms with van der Waals surface area (Å²) in [6.07, 6.45) is 5.48. The summed E-state index contributed by atoms with van der Waals surface area (Å²) < 4.78 is 20.4. The molecule has 0 unspecified atom stereocenters. The van der Waals surface area contributed by atoms with Gasteiger partial charge in [0.25, 0.3) is 0 Å². The average molecular weight is 352 g/mol. The summed E-state index contributed by atoms with van der Waals surface area (Å²) in [5.41, 5.74) is 1.39. The molecule has 0 saturated carbocycles. The van der Waals surface area contributed by atoms with Crippen molar-refractivity contribution < 1.29 is 9.13 Å². The lowest BCUT2D eigenvalue weighted by atomic mass is 10.1. The van der Waals surface area contributed by atoms with Crippen molar-refractivity contribution in [1.29, 1.82) is 0 Å². The molecule has 112 valence electrons. The number of hydrogen-bond acceptors (Lipinski definition) is 2. The number of rotatable bonds is 7. The highest BCUT2D eigenvalue weighted by Crippen LogP contribution is 2.22. The minimum absolute atomic E-state index is 0.230. The van der Waals surface area contributed by atoms with Gasteiger partial charge in [0, 0.05) is 17.1 Å². The Labute approximate surface area is 133 Å². The number of benzene rings is 1. The van der Waals surface area contributed by atoms with Crippen LogP contribution in [-0.2, 0) is 6.42 Å². The number of nitrogens with zero attached hydrogens (tertiary/aromatic N) is 1. The Morgan fingerprint density at radius 1 is 1.24 bits per heavy atom. The Balaban J connectivity index is 2.08. The second-order valence-electron chi connectivity index (χ2n) is 4.92. The van der Waals surface area contributed by atoms with E-state index >= 15 is 0 Å². The molecule has 1 heterocycles. The third kappa shape index (κ3) is 4.81. The van der Waals surface area contributed by atoms with Gasteiger partial charge in [0.1, 0.15) is 11.6 Å². The fourth-order valence-electron chi connectivity index (χ4n) is 2.07. The van der Waals surface area contributed by atoms with E-state index in [1.165, 1.54) is 6.07 Å². The zero-order chi connectivity index (χ0) is 15.1. The molecule has 0 aliphatic rings. The van der Waals surface area contributed by atoms with E-state index in [2.05, 4.69) is 27.8 Å². The molecule has 0 bridgehead atoms. The van der Waals surface area contributed by atoms with Crippen molar-refractivity contribution in [3.05, 3.63) is 58.1 Å². The van der Waals surface area contributed by atoms with Crippen molar-refractivity contribution in [3.8, 4) is 5.75 Å². The van der Waals surface area contributed by atoms with E-state index in [-0.39, 0.29) is 5.82 Å². The zero-order valence-electron chi connectivity index (χ0n) is 12.1. The molecule has 0 saturated heterocycles. The van der Waals surface area contributed by atoms with Crippen LogP contribution in [0.25, 0.3) is 0 Å². The summed E-state index contributed by atoms with van der Waals surface area (Å²) >= 11 is 3.26.